The largest absolute Gasteiger partial charge is 0.337 e. The monoisotopic (exact) mass is 290 g/mol. The summed E-state index contributed by atoms with van der Waals surface area (Å²) in [7, 11) is 2.57. The summed E-state index contributed by atoms with van der Waals surface area (Å²) in [5.74, 6) is 2.57. The molecule has 1 amide bonds. The van der Waals surface area contributed by atoms with Gasteiger partial charge in [0.15, 0.2) is 0 Å². The number of hydrogen-bond acceptors (Lipinski definition) is 1. The number of fused-ring (bicyclic) bond motifs is 1. The normalized spacial score (nSPS) is 31.6. The molecular weight excluding hydrogens is 257 g/mol. The van der Waals surface area contributed by atoms with Crippen molar-refractivity contribution in [1.29, 1.82) is 0 Å². The zero-order chi connectivity index (χ0) is 15.4. The third kappa shape index (κ3) is 4.50. The Labute approximate surface area is 132 Å². The summed E-state index contributed by atoms with van der Waals surface area (Å²) in [4.78, 5) is 14.6. The van der Waals surface area contributed by atoms with E-state index in [1.54, 1.807) is 0 Å². The van der Waals surface area contributed by atoms with Gasteiger partial charge in [0, 0.05) is 18.5 Å². The Morgan fingerprint density at radius 1 is 1.05 bits per heavy atom. The predicted octanol–water partition coefficient (Wildman–Crippen LogP) is 4.68. The van der Waals surface area contributed by atoms with Crippen molar-refractivity contribution in [2.45, 2.75) is 103 Å². The Morgan fingerprint density at radius 3 is 2.43 bits per heavy atom. The second-order valence-corrected chi connectivity index (χ2v) is 7.83. The lowest BCUT2D eigenvalue weighted by atomic mass is 9.52. The van der Waals surface area contributed by atoms with Crippen LogP contribution < -0.4 is 0 Å². The van der Waals surface area contributed by atoms with Crippen molar-refractivity contribution in [3.8, 4) is 0 Å². The van der Waals surface area contributed by atoms with Crippen LogP contribution in [0.4, 0.5) is 0 Å². The average Bonchev–Trinajstić information content (AvgIpc) is 2.48. The lowest BCUT2D eigenvalue weighted by molar-refractivity contribution is -0.141. The molecule has 21 heavy (non-hydrogen) atoms. The second-order valence-electron chi connectivity index (χ2n) is 7.83. The fourth-order valence-corrected chi connectivity index (χ4v) is 4.53. The molecule has 2 rings (SSSR count). The third-order valence-corrected chi connectivity index (χ3v) is 5.31. The smallest absolute Gasteiger partial charge is 0.223 e. The van der Waals surface area contributed by atoms with Crippen LogP contribution in [0.15, 0.2) is 0 Å². The molecule has 0 aromatic carbocycles. The Kier molecular flexibility index (Phi) is 6.19. The van der Waals surface area contributed by atoms with Gasteiger partial charge in [-0.2, -0.15) is 0 Å². The second kappa shape index (κ2) is 7.69. The van der Waals surface area contributed by atoms with Crippen molar-refractivity contribution in [1.82, 2.24) is 4.90 Å². The third-order valence-electron chi connectivity index (χ3n) is 5.31. The lowest BCUT2D eigenvalue weighted by Gasteiger charge is -2.44. The Hall–Kier alpha value is -0.465. The zero-order valence-electron chi connectivity index (χ0n) is 14.5. The van der Waals surface area contributed by atoms with E-state index in [2.05, 4.69) is 39.9 Å². The van der Waals surface area contributed by atoms with Crippen LogP contribution >= 0.6 is 0 Å². The van der Waals surface area contributed by atoms with Crippen LogP contribution in [0.2, 0.25) is 11.6 Å². The number of piperidine rings is 1. The summed E-state index contributed by atoms with van der Waals surface area (Å²) >= 11 is 0. The van der Waals surface area contributed by atoms with E-state index < -0.39 is 0 Å². The van der Waals surface area contributed by atoms with Crippen molar-refractivity contribution in [3.05, 3.63) is 0 Å². The van der Waals surface area contributed by atoms with Gasteiger partial charge in [0.1, 0.15) is 7.28 Å². The molecule has 1 aliphatic carbocycles. The van der Waals surface area contributed by atoms with Gasteiger partial charge in [-0.25, -0.2) is 0 Å². The Bertz CT molecular complexity index is 342. The molecule has 1 saturated heterocycles. The minimum absolute atomic E-state index is 0.360. The van der Waals surface area contributed by atoms with E-state index >= 15 is 0 Å². The van der Waals surface area contributed by atoms with Gasteiger partial charge in [-0.1, -0.05) is 57.6 Å². The van der Waals surface area contributed by atoms with E-state index in [4.69, 9.17) is 0 Å². The van der Waals surface area contributed by atoms with Crippen LogP contribution in [-0.4, -0.2) is 30.2 Å². The molecule has 3 atom stereocenters. The lowest BCUT2D eigenvalue weighted by Crippen LogP contribution is -2.52. The van der Waals surface area contributed by atoms with Crippen molar-refractivity contribution >= 4 is 13.2 Å². The number of nitrogens with zero attached hydrogens (tertiary/aromatic N) is 1. The molecule has 1 saturated carbocycles. The van der Waals surface area contributed by atoms with E-state index in [0.717, 1.165) is 24.6 Å². The molecule has 3 unspecified atom stereocenters. The molecule has 119 valence electrons. The summed E-state index contributed by atoms with van der Waals surface area (Å²) in [6, 6.07) is 0.867. The molecule has 1 aliphatic heterocycles. The maximum Gasteiger partial charge on any atom is 0.223 e. The highest BCUT2D eigenvalue weighted by Crippen LogP contribution is 2.39. The molecule has 0 N–H and O–H groups in total. The van der Waals surface area contributed by atoms with Crippen LogP contribution in [0.3, 0.4) is 0 Å². The van der Waals surface area contributed by atoms with Crippen molar-refractivity contribution < 1.29 is 4.79 Å². The molecule has 0 spiro atoms. The summed E-state index contributed by atoms with van der Waals surface area (Å²) in [6.07, 6.45) is 9.78. The molecule has 1 heterocycles. The highest BCUT2D eigenvalue weighted by Gasteiger charge is 2.38. The van der Waals surface area contributed by atoms with Crippen LogP contribution in [0.5, 0.6) is 0 Å². The quantitative estimate of drug-likeness (QED) is 0.691. The standard InChI is InChI=1S/C18H33BNO/c1-13(2)19-16-8-6-5-7-9-17-15(12-16)10-11-18(21)20(17)14(3)4/h13-17H,5-12H2,1-4H3. The van der Waals surface area contributed by atoms with E-state index in [-0.39, 0.29) is 0 Å². The number of rotatable bonds is 3. The number of hydrogen-bond donors (Lipinski definition) is 0. The SMILES string of the molecule is CC(C)[B]C1CCCCCC2C(CCC(=O)N2C(C)C)C1. The van der Waals surface area contributed by atoms with Crippen molar-refractivity contribution in [2.75, 3.05) is 0 Å². The maximum atomic E-state index is 12.4. The number of carbonyl (C=O) groups is 1. The summed E-state index contributed by atoms with van der Waals surface area (Å²) in [6.45, 7) is 8.97. The van der Waals surface area contributed by atoms with E-state index in [0.29, 0.717) is 23.8 Å². The molecule has 2 aliphatic rings. The molecule has 0 aromatic heterocycles. The molecule has 0 bridgehead atoms. The van der Waals surface area contributed by atoms with Crippen molar-refractivity contribution in [2.24, 2.45) is 5.92 Å². The van der Waals surface area contributed by atoms with Crippen LogP contribution in [0, 0.1) is 5.92 Å². The summed E-state index contributed by atoms with van der Waals surface area (Å²) in [5.41, 5.74) is 0. The highest BCUT2D eigenvalue weighted by molar-refractivity contribution is 6.39. The molecular formula is C18H33BNO. The zero-order valence-corrected chi connectivity index (χ0v) is 14.5. The summed E-state index contributed by atoms with van der Waals surface area (Å²) < 4.78 is 0. The first kappa shape index (κ1) is 16.9. The Balaban J connectivity index is 2.12. The van der Waals surface area contributed by atoms with Gasteiger partial charge in [-0.3, -0.25) is 4.79 Å². The fraction of sp³-hybridized carbons (Fsp3) is 0.944. The van der Waals surface area contributed by atoms with Gasteiger partial charge in [0.05, 0.1) is 0 Å². The number of carbonyl (C=O) groups excluding carboxylic acids is 1. The van der Waals surface area contributed by atoms with E-state index in [1.165, 1.54) is 38.5 Å². The van der Waals surface area contributed by atoms with Gasteiger partial charge >= 0.3 is 0 Å². The minimum Gasteiger partial charge on any atom is -0.337 e. The first-order valence-electron chi connectivity index (χ1n) is 9.15. The molecule has 0 aromatic rings. The van der Waals surface area contributed by atoms with Crippen LogP contribution in [0.1, 0.15) is 79.1 Å². The van der Waals surface area contributed by atoms with Gasteiger partial charge < -0.3 is 4.90 Å². The first-order chi connectivity index (χ1) is 9.99. The van der Waals surface area contributed by atoms with Gasteiger partial charge in [0.2, 0.25) is 5.91 Å². The van der Waals surface area contributed by atoms with E-state index in [9.17, 15) is 4.79 Å². The van der Waals surface area contributed by atoms with E-state index in [1.807, 2.05) is 0 Å². The highest BCUT2D eigenvalue weighted by atomic mass is 16.2. The van der Waals surface area contributed by atoms with Gasteiger partial charge in [-0.05, 0) is 32.6 Å². The van der Waals surface area contributed by atoms with Crippen molar-refractivity contribution in [3.63, 3.8) is 0 Å². The molecule has 2 fully saturated rings. The predicted molar refractivity (Wildman–Crippen MR) is 90.8 cm³/mol. The topological polar surface area (TPSA) is 20.3 Å². The number of likely N-dealkylation sites (tertiary alicyclic amines) is 1. The summed E-state index contributed by atoms with van der Waals surface area (Å²) in [5, 5.41) is 0. The molecule has 2 nitrogen and oxygen atoms in total. The fourth-order valence-electron chi connectivity index (χ4n) is 4.53. The van der Waals surface area contributed by atoms with Crippen LogP contribution in [-0.2, 0) is 4.79 Å². The molecule has 1 radical (unpaired) electrons. The van der Waals surface area contributed by atoms with Gasteiger partial charge in [-0.15, -0.1) is 0 Å². The Morgan fingerprint density at radius 2 is 1.76 bits per heavy atom. The average molecular weight is 290 g/mol. The minimum atomic E-state index is 0.360. The molecule has 3 heteroatoms. The van der Waals surface area contributed by atoms with Crippen LogP contribution in [0.25, 0.3) is 0 Å². The maximum absolute atomic E-state index is 12.4. The number of amides is 1. The first-order valence-corrected chi connectivity index (χ1v) is 9.15. The van der Waals surface area contributed by atoms with Gasteiger partial charge in [0.25, 0.3) is 0 Å².